The summed E-state index contributed by atoms with van der Waals surface area (Å²) in [5, 5.41) is 12.7. The van der Waals surface area contributed by atoms with Crippen LogP contribution in [0.25, 0.3) is 0 Å². The van der Waals surface area contributed by atoms with Gasteiger partial charge in [-0.1, -0.05) is 44.0 Å². The van der Waals surface area contributed by atoms with Crippen molar-refractivity contribution in [3.8, 4) is 0 Å². The van der Waals surface area contributed by atoms with Gasteiger partial charge in [0.05, 0.1) is 6.10 Å². The first kappa shape index (κ1) is 16.0. The predicted molar refractivity (Wildman–Crippen MR) is 90.0 cm³/mol. The summed E-state index contributed by atoms with van der Waals surface area (Å²) in [7, 11) is 0. The number of benzene rings is 2. The molecule has 1 atom stereocenters. The number of nitrogen functional groups attached to an aromatic ring is 1. The minimum Gasteiger partial charge on any atom is -0.399 e. The van der Waals surface area contributed by atoms with Crippen LogP contribution in [0.15, 0.2) is 51.4 Å². The van der Waals surface area contributed by atoms with Crippen LogP contribution in [-0.4, -0.2) is 17.6 Å². The van der Waals surface area contributed by atoms with Crippen LogP contribution in [0.1, 0.15) is 22.0 Å². The summed E-state index contributed by atoms with van der Waals surface area (Å²) >= 11 is 6.67. The molecule has 0 fully saturated rings. The number of hydrogen-bond acceptors (Lipinski definition) is 3. The van der Waals surface area contributed by atoms with Crippen LogP contribution < -0.4 is 11.1 Å². The first-order chi connectivity index (χ1) is 9.95. The molecule has 21 heavy (non-hydrogen) atoms. The number of nitrogens with one attached hydrogen (secondary N) is 1. The third kappa shape index (κ3) is 4.56. The molecule has 0 saturated heterocycles. The SMILES string of the molecule is Nc1ccc(C(O)CNC(=O)c2cc(Br)cc(Br)c2)cc1. The third-order valence-corrected chi connectivity index (χ3v) is 3.82. The summed E-state index contributed by atoms with van der Waals surface area (Å²) < 4.78 is 1.61. The summed E-state index contributed by atoms with van der Waals surface area (Å²) in [6, 6.07) is 12.2. The van der Waals surface area contributed by atoms with Crippen LogP contribution in [0.5, 0.6) is 0 Å². The molecule has 1 amide bonds. The molecule has 6 heteroatoms. The van der Waals surface area contributed by atoms with Crippen LogP contribution in [0.4, 0.5) is 5.69 Å². The average Bonchev–Trinajstić information content (AvgIpc) is 2.44. The number of amides is 1. The number of halogens is 2. The van der Waals surface area contributed by atoms with Gasteiger partial charge in [0.15, 0.2) is 0 Å². The lowest BCUT2D eigenvalue weighted by Crippen LogP contribution is -2.28. The number of carbonyl (C=O) groups excluding carboxylic acids is 1. The minimum atomic E-state index is -0.773. The second-order valence-corrected chi connectivity index (χ2v) is 6.38. The topological polar surface area (TPSA) is 75.3 Å². The predicted octanol–water partition coefficient (Wildman–Crippen LogP) is 3.26. The van der Waals surface area contributed by atoms with Gasteiger partial charge in [-0.15, -0.1) is 0 Å². The van der Waals surface area contributed by atoms with E-state index in [4.69, 9.17) is 5.73 Å². The van der Waals surface area contributed by atoms with E-state index in [2.05, 4.69) is 37.2 Å². The van der Waals surface area contributed by atoms with Gasteiger partial charge in [-0.3, -0.25) is 4.79 Å². The van der Waals surface area contributed by atoms with Gasteiger partial charge < -0.3 is 16.2 Å². The molecule has 0 aromatic heterocycles. The Bertz CT molecular complexity index is 624. The number of rotatable bonds is 4. The Morgan fingerprint density at radius 2 is 1.71 bits per heavy atom. The van der Waals surface area contributed by atoms with E-state index in [1.807, 2.05) is 6.07 Å². The maximum atomic E-state index is 12.1. The molecule has 0 aliphatic heterocycles. The largest absolute Gasteiger partial charge is 0.399 e. The molecule has 0 spiro atoms. The summed E-state index contributed by atoms with van der Waals surface area (Å²) in [5.74, 6) is -0.244. The maximum Gasteiger partial charge on any atom is 0.251 e. The summed E-state index contributed by atoms with van der Waals surface area (Å²) in [6.07, 6.45) is -0.773. The van der Waals surface area contributed by atoms with Gasteiger partial charge >= 0.3 is 0 Å². The fraction of sp³-hybridized carbons (Fsp3) is 0.133. The van der Waals surface area contributed by atoms with E-state index in [1.165, 1.54) is 0 Å². The van der Waals surface area contributed by atoms with Crippen LogP contribution in [0.2, 0.25) is 0 Å². The smallest absolute Gasteiger partial charge is 0.251 e. The van der Waals surface area contributed by atoms with Crippen LogP contribution >= 0.6 is 31.9 Å². The lowest BCUT2D eigenvalue weighted by molar-refractivity contribution is 0.0916. The second-order valence-electron chi connectivity index (χ2n) is 4.55. The Balaban J connectivity index is 1.98. The van der Waals surface area contributed by atoms with Crippen LogP contribution in [-0.2, 0) is 0 Å². The van der Waals surface area contributed by atoms with Gasteiger partial charge in [0.1, 0.15) is 0 Å². The molecular weight excluding hydrogens is 400 g/mol. The van der Waals surface area contributed by atoms with Gasteiger partial charge in [0.25, 0.3) is 5.91 Å². The standard InChI is InChI=1S/C15H14Br2N2O2/c16-11-5-10(6-12(17)7-11)15(21)19-8-14(20)9-1-3-13(18)4-2-9/h1-7,14,20H,8,18H2,(H,19,21). The second kappa shape index (κ2) is 7.06. The zero-order valence-corrected chi connectivity index (χ0v) is 14.2. The molecule has 0 saturated carbocycles. The number of anilines is 1. The lowest BCUT2D eigenvalue weighted by Gasteiger charge is -2.13. The highest BCUT2D eigenvalue weighted by Gasteiger charge is 2.11. The van der Waals surface area contributed by atoms with Crippen molar-refractivity contribution >= 4 is 43.5 Å². The number of aliphatic hydroxyl groups is 1. The zero-order valence-electron chi connectivity index (χ0n) is 11.0. The van der Waals surface area contributed by atoms with E-state index in [1.54, 1.807) is 36.4 Å². The molecule has 0 aliphatic carbocycles. The Morgan fingerprint density at radius 3 is 2.29 bits per heavy atom. The van der Waals surface area contributed by atoms with Crippen molar-refractivity contribution in [3.63, 3.8) is 0 Å². The fourth-order valence-corrected chi connectivity index (χ4v) is 3.11. The van der Waals surface area contributed by atoms with Crippen molar-refractivity contribution < 1.29 is 9.90 Å². The van der Waals surface area contributed by atoms with Gasteiger partial charge in [-0.05, 0) is 35.9 Å². The van der Waals surface area contributed by atoms with Crippen molar-refractivity contribution in [3.05, 3.63) is 62.5 Å². The van der Waals surface area contributed by atoms with Crippen molar-refractivity contribution in [2.45, 2.75) is 6.10 Å². The molecule has 110 valence electrons. The quantitative estimate of drug-likeness (QED) is 0.673. The van der Waals surface area contributed by atoms with E-state index in [-0.39, 0.29) is 12.5 Å². The molecule has 2 aromatic carbocycles. The van der Waals surface area contributed by atoms with E-state index >= 15 is 0 Å². The molecule has 0 heterocycles. The van der Waals surface area contributed by atoms with Gasteiger partial charge in [-0.25, -0.2) is 0 Å². The molecule has 2 aromatic rings. The van der Waals surface area contributed by atoms with Crippen LogP contribution in [0, 0.1) is 0 Å². The van der Waals surface area contributed by atoms with E-state index in [9.17, 15) is 9.90 Å². The fourth-order valence-electron chi connectivity index (χ4n) is 1.81. The van der Waals surface area contributed by atoms with E-state index < -0.39 is 6.10 Å². The first-order valence-corrected chi connectivity index (χ1v) is 7.82. The average molecular weight is 414 g/mol. The number of hydrogen-bond donors (Lipinski definition) is 3. The Labute approximate surface area is 139 Å². The molecule has 2 rings (SSSR count). The van der Waals surface area contributed by atoms with Crippen molar-refractivity contribution in [2.75, 3.05) is 12.3 Å². The Kier molecular flexibility index (Phi) is 5.39. The van der Waals surface area contributed by atoms with Gasteiger partial charge in [-0.2, -0.15) is 0 Å². The number of nitrogens with two attached hydrogens (primary N) is 1. The van der Waals surface area contributed by atoms with Gasteiger partial charge in [0, 0.05) is 26.7 Å². The highest BCUT2D eigenvalue weighted by Crippen LogP contribution is 2.20. The first-order valence-electron chi connectivity index (χ1n) is 6.23. The molecule has 4 nitrogen and oxygen atoms in total. The summed E-state index contributed by atoms with van der Waals surface area (Å²) in [5.41, 5.74) is 7.45. The highest BCUT2D eigenvalue weighted by molar-refractivity contribution is 9.11. The zero-order chi connectivity index (χ0) is 15.4. The van der Waals surface area contributed by atoms with Crippen LogP contribution in [0.3, 0.4) is 0 Å². The molecule has 0 bridgehead atoms. The molecule has 0 radical (unpaired) electrons. The number of carbonyl (C=O) groups is 1. The monoisotopic (exact) mass is 412 g/mol. The third-order valence-electron chi connectivity index (χ3n) is 2.90. The summed E-state index contributed by atoms with van der Waals surface area (Å²) in [6.45, 7) is 0.132. The Morgan fingerprint density at radius 1 is 1.14 bits per heavy atom. The normalized spacial score (nSPS) is 12.0. The summed E-state index contributed by atoms with van der Waals surface area (Å²) in [4.78, 5) is 12.1. The maximum absolute atomic E-state index is 12.1. The minimum absolute atomic E-state index is 0.132. The van der Waals surface area contributed by atoms with E-state index in [0.29, 0.717) is 16.8 Å². The highest BCUT2D eigenvalue weighted by atomic mass is 79.9. The molecule has 0 aliphatic rings. The van der Waals surface area contributed by atoms with E-state index in [0.717, 1.165) is 8.95 Å². The van der Waals surface area contributed by atoms with Crippen molar-refractivity contribution in [2.24, 2.45) is 0 Å². The van der Waals surface area contributed by atoms with Crippen molar-refractivity contribution in [1.82, 2.24) is 5.32 Å². The van der Waals surface area contributed by atoms with Gasteiger partial charge in [0.2, 0.25) is 0 Å². The lowest BCUT2D eigenvalue weighted by atomic mass is 10.1. The molecule has 4 N–H and O–H groups in total. The Hall–Kier alpha value is -1.37. The molecular formula is C15H14Br2N2O2. The molecule has 1 unspecified atom stereocenters. The van der Waals surface area contributed by atoms with Crippen molar-refractivity contribution in [1.29, 1.82) is 0 Å². The number of aliphatic hydroxyl groups excluding tert-OH is 1.